The van der Waals surface area contributed by atoms with Gasteiger partial charge in [-0.3, -0.25) is 9.48 Å². The van der Waals surface area contributed by atoms with Gasteiger partial charge in [0.05, 0.1) is 18.4 Å². The summed E-state index contributed by atoms with van der Waals surface area (Å²) in [5.74, 6) is 1.99. The molecule has 0 bridgehead atoms. The highest BCUT2D eigenvalue weighted by molar-refractivity contribution is 6.07. The van der Waals surface area contributed by atoms with E-state index >= 15 is 0 Å². The monoisotopic (exact) mass is 418 g/mol. The highest BCUT2D eigenvalue weighted by atomic mass is 16.5. The Kier molecular flexibility index (Phi) is 7.29. The molecule has 0 atom stereocenters. The largest absolute Gasteiger partial charge is 0.496 e. The fraction of sp³-hybridized carbons (Fsp3) is 0.308. The molecule has 0 saturated carbocycles. The molecule has 0 saturated heterocycles. The van der Waals surface area contributed by atoms with Crippen molar-refractivity contribution in [2.24, 2.45) is 0 Å². The van der Waals surface area contributed by atoms with Gasteiger partial charge in [0.15, 0.2) is 5.78 Å². The number of benzene rings is 2. The third kappa shape index (κ3) is 5.63. The van der Waals surface area contributed by atoms with Crippen LogP contribution in [-0.2, 0) is 13.2 Å². The van der Waals surface area contributed by atoms with Crippen LogP contribution >= 0.6 is 0 Å². The topological polar surface area (TPSA) is 53.4 Å². The maximum Gasteiger partial charge on any atom is 0.189 e. The van der Waals surface area contributed by atoms with Crippen LogP contribution in [0.3, 0.4) is 0 Å². The molecule has 31 heavy (non-hydrogen) atoms. The first-order valence-electron chi connectivity index (χ1n) is 10.6. The smallest absolute Gasteiger partial charge is 0.189 e. The molecule has 0 N–H and O–H groups in total. The van der Waals surface area contributed by atoms with Crippen molar-refractivity contribution in [2.45, 2.75) is 46.8 Å². The molecule has 0 radical (unpaired) electrons. The van der Waals surface area contributed by atoms with Gasteiger partial charge in [0.1, 0.15) is 18.1 Å². The lowest BCUT2D eigenvalue weighted by Gasteiger charge is -2.12. The van der Waals surface area contributed by atoms with Crippen molar-refractivity contribution in [3.63, 3.8) is 0 Å². The average Bonchev–Trinajstić information content (AvgIpc) is 3.17. The van der Waals surface area contributed by atoms with E-state index in [4.69, 9.17) is 9.47 Å². The van der Waals surface area contributed by atoms with E-state index in [1.807, 2.05) is 50.3 Å². The van der Waals surface area contributed by atoms with Crippen LogP contribution in [0.1, 0.15) is 59.4 Å². The van der Waals surface area contributed by atoms with Crippen molar-refractivity contribution in [3.8, 4) is 11.5 Å². The predicted octanol–water partition coefficient (Wildman–Crippen LogP) is 5.82. The molecule has 3 aromatic rings. The number of hydrogen-bond donors (Lipinski definition) is 0. The summed E-state index contributed by atoms with van der Waals surface area (Å²) in [6, 6.07) is 14.0. The molecule has 5 nitrogen and oxygen atoms in total. The third-order valence-electron chi connectivity index (χ3n) is 5.21. The number of nitrogens with zero attached hydrogens (tertiary/aromatic N) is 2. The fourth-order valence-electron chi connectivity index (χ4n) is 3.31. The van der Waals surface area contributed by atoms with Crippen LogP contribution in [0.2, 0.25) is 0 Å². The van der Waals surface area contributed by atoms with E-state index in [0.29, 0.717) is 18.1 Å². The maximum atomic E-state index is 12.6. The molecule has 0 spiro atoms. The molecule has 0 fully saturated rings. The Bertz CT molecular complexity index is 1060. The Hall–Kier alpha value is -3.34. The molecule has 162 valence electrons. The summed E-state index contributed by atoms with van der Waals surface area (Å²) in [6.45, 7) is 9.30. The number of ether oxygens (including phenoxy) is 2. The molecule has 0 aliphatic carbocycles. The van der Waals surface area contributed by atoms with Crippen LogP contribution in [0.15, 0.2) is 54.7 Å². The fourth-order valence-corrected chi connectivity index (χ4v) is 3.31. The minimum atomic E-state index is -0.0592. The van der Waals surface area contributed by atoms with Gasteiger partial charge in [-0.15, -0.1) is 0 Å². The van der Waals surface area contributed by atoms with E-state index in [1.165, 1.54) is 5.56 Å². The second-order valence-corrected chi connectivity index (χ2v) is 7.77. The molecule has 5 heteroatoms. The maximum absolute atomic E-state index is 12.6. The van der Waals surface area contributed by atoms with Gasteiger partial charge in [0.2, 0.25) is 0 Å². The van der Waals surface area contributed by atoms with Gasteiger partial charge >= 0.3 is 0 Å². The van der Waals surface area contributed by atoms with Crippen LogP contribution in [0.5, 0.6) is 11.5 Å². The predicted molar refractivity (Wildman–Crippen MR) is 124 cm³/mol. The van der Waals surface area contributed by atoms with E-state index in [2.05, 4.69) is 31.1 Å². The molecular formula is C26H30N2O3. The van der Waals surface area contributed by atoms with Crippen LogP contribution in [0.25, 0.3) is 6.08 Å². The normalized spacial score (nSPS) is 11.3. The van der Waals surface area contributed by atoms with Crippen molar-refractivity contribution in [1.82, 2.24) is 9.78 Å². The molecule has 1 heterocycles. The summed E-state index contributed by atoms with van der Waals surface area (Å²) in [4.78, 5) is 12.6. The van der Waals surface area contributed by atoms with E-state index in [-0.39, 0.29) is 5.78 Å². The zero-order valence-electron chi connectivity index (χ0n) is 18.9. The number of rotatable bonds is 9. The first-order chi connectivity index (χ1) is 14.9. The highest BCUT2D eigenvalue weighted by Gasteiger charge is 2.11. The lowest BCUT2D eigenvalue weighted by Crippen LogP contribution is -2.00. The molecular weight excluding hydrogens is 388 g/mol. The summed E-state index contributed by atoms with van der Waals surface area (Å²) in [5, 5.41) is 4.34. The summed E-state index contributed by atoms with van der Waals surface area (Å²) in [6.07, 6.45) is 5.19. The quantitative estimate of drug-likeness (QED) is 0.325. The molecule has 0 amide bonds. The third-order valence-corrected chi connectivity index (χ3v) is 5.21. The van der Waals surface area contributed by atoms with E-state index in [9.17, 15) is 4.79 Å². The Balaban J connectivity index is 1.72. The summed E-state index contributed by atoms with van der Waals surface area (Å²) in [7, 11) is 1.64. The Morgan fingerprint density at radius 1 is 1.16 bits per heavy atom. The van der Waals surface area contributed by atoms with Gasteiger partial charge in [-0.1, -0.05) is 38.1 Å². The molecule has 2 aromatic carbocycles. The van der Waals surface area contributed by atoms with Crippen molar-refractivity contribution < 1.29 is 14.3 Å². The molecule has 0 aliphatic rings. The molecule has 1 aromatic heterocycles. The van der Waals surface area contributed by atoms with Crippen molar-refractivity contribution >= 4 is 11.9 Å². The van der Waals surface area contributed by atoms with Crippen LogP contribution < -0.4 is 9.47 Å². The number of aromatic nitrogens is 2. The van der Waals surface area contributed by atoms with E-state index in [1.54, 1.807) is 24.1 Å². The number of carbonyl (C=O) groups is 1. The highest BCUT2D eigenvalue weighted by Crippen LogP contribution is 2.24. The van der Waals surface area contributed by atoms with Crippen LogP contribution in [-0.4, -0.2) is 22.7 Å². The number of aryl methyl sites for hydroxylation is 2. The van der Waals surface area contributed by atoms with Gasteiger partial charge in [-0.25, -0.2) is 0 Å². The van der Waals surface area contributed by atoms with E-state index in [0.717, 1.165) is 34.9 Å². The SMILES string of the molecule is CCn1cc(C(=O)/C=C/c2ccc(OC)c(COc3ccc(C(C)C)cc3)c2)c(C)n1. The number of carbonyl (C=O) groups excluding carboxylic acids is 1. The van der Waals surface area contributed by atoms with E-state index < -0.39 is 0 Å². The number of allylic oxidation sites excluding steroid dienone is 1. The van der Waals surface area contributed by atoms with Crippen molar-refractivity contribution in [3.05, 3.63) is 82.7 Å². The first-order valence-corrected chi connectivity index (χ1v) is 10.6. The number of hydrogen-bond acceptors (Lipinski definition) is 4. The number of methoxy groups -OCH3 is 1. The van der Waals surface area contributed by atoms with Crippen molar-refractivity contribution in [2.75, 3.05) is 7.11 Å². The van der Waals surface area contributed by atoms with Gasteiger partial charge < -0.3 is 9.47 Å². The summed E-state index contributed by atoms with van der Waals surface area (Å²) in [5.41, 5.74) is 4.47. The molecule has 0 aliphatic heterocycles. The zero-order chi connectivity index (χ0) is 22.4. The first kappa shape index (κ1) is 22.3. The second-order valence-electron chi connectivity index (χ2n) is 7.77. The summed E-state index contributed by atoms with van der Waals surface area (Å²) >= 11 is 0. The minimum absolute atomic E-state index is 0.0592. The Morgan fingerprint density at radius 2 is 1.90 bits per heavy atom. The summed E-state index contributed by atoms with van der Waals surface area (Å²) < 4.78 is 13.2. The minimum Gasteiger partial charge on any atom is -0.496 e. The zero-order valence-corrected chi connectivity index (χ0v) is 18.9. The van der Waals surface area contributed by atoms with Gasteiger partial charge in [0, 0.05) is 18.3 Å². The second kappa shape index (κ2) is 10.1. The average molecular weight is 419 g/mol. The lowest BCUT2D eigenvalue weighted by molar-refractivity contribution is 0.104. The van der Waals surface area contributed by atoms with Gasteiger partial charge in [0.25, 0.3) is 0 Å². The van der Waals surface area contributed by atoms with Gasteiger partial charge in [-0.2, -0.15) is 5.10 Å². The Labute approximate surface area is 184 Å². The van der Waals surface area contributed by atoms with Crippen LogP contribution in [0.4, 0.5) is 0 Å². The van der Waals surface area contributed by atoms with Crippen molar-refractivity contribution in [1.29, 1.82) is 0 Å². The van der Waals surface area contributed by atoms with Gasteiger partial charge in [-0.05, 0) is 61.2 Å². The standard InChI is InChI=1S/C26H30N2O3/c1-6-28-16-24(19(4)27-28)25(29)13-7-20-8-14-26(30-5)22(15-20)17-31-23-11-9-21(10-12-23)18(2)3/h7-16,18H,6,17H2,1-5H3/b13-7+. The lowest BCUT2D eigenvalue weighted by atomic mass is 10.0. The molecule has 0 unspecified atom stereocenters. The molecule has 3 rings (SSSR count). The Morgan fingerprint density at radius 3 is 2.52 bits per heavy atom. The number of ketones is 1. The van der Waals surface area contributed by atoms with Crippen LogP contribution in [0, 0.1) is 6.92 Å².